The molecule has 1 fully saturated rings. The summed E-state index contributed by atoms with van der Waals surface area (Å²) < 4.78 is 0. The van der Waals surface area contributed by atoms with Crippen molar-refractivity contribution in [1.29, 1.82) is 0 Å². The van der Waals surface area contributed by atoms with Crippen molar-refractivity contribution in [2.75, 3.05) is 32.7 Å². The average Bonchev–Trinajstić information content (AvgIpc) is 2.98. The summed E-state index contributed by atoms with van der Waals surface area (Å²) in [7, 11) is 0. The molecule has 0 spiro atoms. The second kappa shape index (κ2) is 7.09. The molecular weight excluding hydrogens is 230 g/mol. The van der Waals surface area contributed by atoms with Crippen LogP contribution < -0.4 is 5.32 Å². The molecule has 1 aliphatic rings. The smallest absolute Gasteiger partial charge is 0.0794 e. The first-order valence-electron chi connectivity index (χ1n) is 6.68. The van der Waals surface area contributed by atoms with Crippen molar-refractivity contribution >= 4 is 11.3 Å². The van der Waals surface area contributed by atoms with Gasteiger partial charge in [-0.05, 0) is 38.4 Å². The van der Waals surface area contributed by atoms with Gasteiger partial charge in [0.2, 0.25) is 0 Å². The Balaban J connectivity index is 1.61. The van der Waals surface area contributed by atoms with E-state index in [-0.39, 0.29) is 0 Å². The normalized spacial score (nSPS) is 21.1. The van der Waals surface area contributed by atoms with Crippen LogP contribution in [0.25, 0.3) is 0 Å². The predicted octanol–water partition coefficient (Wildman–Crippen LogP) is 2.01. The third-order valence-corrected chi connectivity index (χ3v) is 4.03. The number of rotatable bonds is 7. The largest absolute Gasteiger partial charge is 0.316 e. The van der Waals surface area contributed by atoms with Gasteiger partial charge in [-0.2, -0.15) is 0 Å². The second-order valence-corrected chi connectivity index (χ2v) is 5.61. The Morgan fingerprint density at radius 1 is 1.59 bits per heavy atom. The van der Waals surface area contributed by atoms with Gasteiger partial charge >= 0.3 is 0 Å². The molecular formula is C13H23N3S. The van der Waals surface area contributed by atoms with E-state index in [4.69, 9.17) is 0 Å². The number of hydrogen-bond acceptors (Lipinski definition) is 4. The Kier molecular flexibility index (Phi) is 5.42. The van der Waals surface area contributed by atoms with E-state index in [2.05, 4.69) is 27.5 Å². The third kappa shape index (κ3) is 4.37. The Bertz CT molecular complexity index is 300. The van der Waals surface area contributed by atoms with Gasteiger partial charge in [-0.1, -0.05) is 6.92 Å². The number of aromatic nitrogens is 1. The molecule has 0 radical (unpaired) electrons. The Morgan fingerprint density at radius 2 is 2.53 bits per heavy atom. The van der Waals surface area contributed by atoms with Gasteiger partial charge < -0.3 is 10.2 Å². The highest BCUT2D eigenvalue weighted by molar-refractivity contribution is 7.07. The molecule has 1 N–H and O–H groups in total. The van der Waals surface area contributed by atoms with Crippen LogP contribution in [0.15, 0.2) is 10.9 Å². The van der Waals surface area contributed by atoms with E-state index in [1.807, 2.05) is 5.51 Å². The van der Waals surface area contributed by atoms with Crippen LogP contribution in [0, 0.1) is 5.92 Å². The van der Waals surface area contributed by atoms with Gasteiger partial charge in [-0.15, -0.1) is 11.3 Å². The first kappa shape index (κ1) is 13.0. The van der Waals surface area contributed by atoms with Gasteiger partial charge in [0.05, 0.1) is 11.2 Å². The SMILES string of the molecule is CCCNCC1CCN(CCc2cscn2)C1. The van der Waals surface area contributed by atoms with Crippen molar-refractivity contribution in [3.8, 4) is 0 Å². The maximum absolute atomic E-state index is 4.34. The molecule has 1 atom stereocenters. The zero-order valence-electron chi connectivity index (χ0n) is 10.7. The molecule has 0 bridgehead atoms. The fraction of sp³-hybridized carbons (Fsp3) is 0.769. The monoisotopic (exact) mass is 253 g/mol. The van der Waals surface area contributed by atoms with Gasteiger partial charge in [0.15, 0.2) is 0 Å². The second-order valence-electron chi connectivity index (χ2n) is 4.89. The summed E-state index contributed by atoms with van der Waals surface area (Å²) in [6.45, 7) is 8.29. The summed E-state index contributed by atoms with van der Waals surface area (Å²) in [6, 6.07) is 0. The van der Waals surface area contributed by atoms with Gasteiger partial charge in [-0.25, -0.2) is 4.98 Å². The van der Waals surface area contributed by atoms with Crippen molar-refractivity contribution in [2.24, 2.45) is 5.92 Å². The van der Waals surface area contributed by atoms with Crippen molar-refractivity contribution in [2.45, 2.75) is 26.2 Å². The first-order chi connectivity index (χ1) is 8.38. The molecule has 4 heteroatoms. The maximum Gasteiger partial charge on any atom is 0.0794 e. The van der Waals surface area contributed by atoms with E-state index >= 15 is 0 Å². The van der Waals surface area contributed by atoms with Crippen LogP contribution in [0.5, 0.6) is 0 Å². The predicted molar refractivity (Wildman–Crippen MR) is 73.5 cm³/mol. The zero-order valence-corrected chi connectivity index (χ0v) is 11.5. The van der Waals surface area contributed by atoms with Crippen LogP contribution in [0.2, 0.25) is 0 Å². The molecule has 1 aromatic rings. The van der Waals surface area contributed by atoms with Gasteiger partial charge in [0.1, 0.15) is 0 Å². The molecule has 96 valence electrons. The van der Waals surface area contributed by atoms with E-state index in [0.717, 1.165) is 18.9 Å². The summed E-state index contributed by atoms with van der Waals surface area (Å²) in [5.41, 5.74) is 3.18. The van der Waals surface area contributed by atoms with E-state index in [9.17, 15) is 0 Å². The number of hydrogen-bond donors (Lipinski definition) is 1. The Labute approximate surface area is 108 Å². The molecule has 0 amide bonds. The van der Waals surface area contributed by atoms with Gasteiger partial charge in [-0.3, -0.25) is 0 Å². The van der Waals surface area contributed by atoms with Crippen LogP contribution in [-0.4, -0.2) is 42.6 Å². The fourth-order valence-corrected chi connectivity index (χ4v) is 2.99. The lowest BCUT2D eigenvalue weighted by Crippen LogP contribution is -2.28. The van der Waals surface area contributed by atoms with Gasteiger partial charge in [0, 0.05) is 24.9 Å². The molecule has 0 saturated carbocycles. The minimum absolute atomic E-state index is 0.858. The van der Waals surface area contributed by atoms with Crippen LogP contribution in [0.4, 0.5) is 0 Å². The summed E-state index contributed by atoms with van der Waals surface area (Å²) >= 11 is 1.70. The molecule has 2 heterocycles. The molecule has 1 unspecified atom stereocenters. The van der Waals surface area contributed by atoms with Crippen LogP contribution in [0.1, 0.15) is 25.5 Å². The molecule has 1 aliphatic heterocycles. The van der Waals surface area contributed by atoms with Crippen molar-refractivity contribution < 1.29 is 0 Å². The van der Waals surface area contributed by atoms with E-state index < -0.39 is 0 Å². The van der Waals surface area contributed by atoms with Crippen molar-refractivity contribution in [1.82, 2.24) is 15.2 Å². The summed E-state index contributed by atoms with van der Waals surface area (Å²) in [6.07, 6.45) is 3.70. The van der Waals surface area contributed by atoms with Crippen molar-refractivity contribution in [3.05, 3.63) is 16.6 Å². The molecule has 3 nitrogen and oxygen atoms in total. The highest BCUT2D eigenvalue weighted by Gasteiger charge is 2.21. The molecule has 0 aromatic carbocycles. The average molecular weight is 253 g/mol. The van der Waals surface area contributed by atoms with E-state index in [0.29, 0.717) is 0 Å². The van der Waals surface area contributed by atoms with Crippen molar-refractivity contribution in [3.63, 3.8) is 0 Å². The lowest BCUT2D eigenvalue weighted by Gasteiger charge is -2.15. The van der Waals surface area contributed by atoms with E-state index in [1.54, 1.807) is 11.3 Å². The lowest BCUT2D eigenvalue weighted by atomic mass is 10.1. The van der Waals surface area contributed by atoms with Gasteiger partial charge in [0.25, 0.3) is 0 Å². The third-order valence-electron chi connectivity index (χ3n) is 3.40. The quantitative estimate of drug-likeness (QED) is 0.754. The summed E-state index contributed by atoms with van der Waals surface area (Å²) in [4.78, 5) is 6.92. The number of likely N-dealkylation sites (tertiary alicyclic amines) is 1. The summed E-state index contributed by atoms with van der Waals surface area (Å²) in [5.74, 6) is 0.858. The molecule has 1 aromatic heterocycles. The highest BCUT2D eigenvalue weighted by Crippen LogP contribution is 2.15. The minimum atomic E-state index is 0.858. The zero-order chi connectivity index (χ0) is 11.9. The minimum Gasteiger partial charge on any atom is -0.316 e. The molecule has 17 heavy (non-hydrogen) atoms. The molecule has 1 saturated heterocycles. The maximum atomic E-state index is 4.34. The molecule has 0 aliphatic carbocycles. The topological polar surface area (TPSA) is 28.2 Å². The molecule has 2 rings (SSSR count). The van der Waals surface area contributed by atoms with Crippen LogP contribution >= 0.6 is 11.3 Å². The standard InChI is InChI=1S/C13H23N3S/c1-2-5-14-8-12-3-6-16(9-12)7-4-13-10-17-11-15-13/h10-12,14H,2-9H2,1H3. The fourth-order valence-electron chi connectivity index (χ4n) is 2.40. The highest BCUT2D eigenvalue weighted by atomic mass is 32.1. The number of thiazole rings is 1. The van der Waals surface area contributed by atoms with E-state index in [1.165, 1.54) is 44.7 Å². The number of nitrogens with one attached hydrogen (secondary N) is 1. The first-order valence-corrected chi connectivity index (χ1v) is 7.63. The van der Waals surface area contributed by atoms with Crippen LogP contribution in [-0.2, 0) is 6.42 Å². The number of nitrogens with zero attached hydrogens (tertiary/aromatic N) is 2. The van der Waals surface area contributed by atoms with Crippen LogP contribution in [0.3, 0.4) is 0 Å². The Hall–Kier alpha value is -0.450. The lowest BCUT2D eigenvalue weighted by molar-refractivity contribution is 0.325. The Morgan fingerprint density at radius 3 is 3.29 bits per heavy atom. The summed E-state index contributed by atoms with van der Waals surface area (Å²) in [5, 5.41) is 5.69.